The smallest absolute Gasteiger partial charge is 0.308 e. The molecule has 1 N–H and O–H groups in total. The molecule has 1 aliphatic carbocycles. The van der Waals surface area contributed by atoms with Gasteiger partial charge in [-0.2, -0.15) is 0 Å². The molecule has 0 bridgehead atoms. The number of hydrogen-bond acceptors (Lipinski definition) is 2. The highest BCUT2D eigenvalue weighted by molar-refractivity contribution is 5.80. The van der Waals surface area contributed by atoms with E-state index in [1.807, 2.05) is 6.92 Å². The third-order valence-corrected chi connectivity index (χ3v) is 3.06. The maximum absolute atomic E-state index is 11.8. The van der Waals surface area contributed by atoms with Crippen LogP contribution in [0.2, 0.25) is 0 Å². The van der Waals surface area contributed by atoms with Gasteiger partial charge in [-0.15, -0.1) is 0 Å². The third kappa shape index (κ3) is 2.94. The van der Waals surface area contributed by atoms with Gasteiger partial charge in [-0.05, 0) is 19.8 Å². The maximum Gasteiger partial charge on any atom is 0.308 e. The first-order valence-electron chi connectivity index (χ1n) is 5.57. The largest absolute Gasteiger partial charge is 0.481 e. The van der Waals surface area contributed by atoms with Crippen molar-refractivity contribution in [1.29, 1.82) is 0 Å². The van der Waals surface area contributed by atoms with Crippen molar-refractivity contribution in [1.82, 2.24) is 4.90 Å². The van der Waals surface area contributed by atoms with Crippen LogP contribution in [0.15, 0.2) is 0 Å². The standard InChI is InChI=1S/C11H19NO3/c1-3-12(7-8(2)11(14)15)10(13)9-5-4-6-9/h8-9H,3-7H2,1-2H3,(H,14,15). The van der Waals surface area contributed by atoms with Crippen LogP contribution >= 0.6 is 0 Å². The number of aliphatic carboxylic acids is 1. The van der Waals surface area contributed by atoms with E-state index >= 15 is 0 Å². The molecule has 15 heavy (non-hydrogen) atoms. The van der Waals surface area contributed by atoms with E-state index in [-0.39, 0.29) is 11.8 Å². The number of carbonyl (C=O) groups excluding carboxylic acids is 1. The van der Waals surface area contributed by atoms with Crippen molar-refractivity contribution in [2.75, 3.05) is 13.1 Å². The summed E-state index contributed by atoms with van der Waals surface area (Å²) in [5.41, 5.74) is 0. The molecule has 0 aromatic heterocycles. The molecule has 1 rings (SSSR count). The summed E-state index contributed by atoms with van der Waals surface area (Å²) >= 11 is 0. The molecule has 4 nitrogen and oxygen atoms in total. The minimum Gasteiger partial charge on any atom is -0.481 e. The zero-order chi connectivity index (χ0) is 11.4. The quantitative estimate of drug-likeness (QED) is 0.750. The van der Waals surface area contributed by atoms with Crippen LogP contribution in [0.1, 0.15) is 33.1 Å². The van der Waals surface area contributed by atoms with Gasteiger partial charge in [0.05, 0.1) is 5.92 Å². The van der Waals surface area contributed by atoms with Gasteiger partial charge >= 0.3 is 5.97 Å². The first-order valence-corrected chi connectivity index (χ1v) is 5.57. The Kier molecular flexibility index (Phi) is 4.12. The van der Waals surface area contributed by atoms with Gasteiger partial charge in [-0.25, -0.2) is 0 Å². The lowest BCUT2D eigenvalue weighted by Crippen LogP contribution is -2.42. The topological polar surface area (TPSA) is 57.6 Å². The summed E-state index contributed by atoms with van der Waals surface area (Å²) in [6.07, 6.45) is 3.07. The second-order valence-corrected chi connectivity index (χ2v) is 4.24. The molecule has 0 aromatic carbocycles. The molecular formula is C11H19NO3. The summed E-state index contributed by atoms with van der Waals surface area (Å²) < 4.78 is 0. The maximum atomic E-state index is 11.8. The Hall–Kier alpha value is -1.06. The second kappa shape index (κ2) is 5.14. The predicted molar refractivity (Wildman–Crippen MR) is 56.4 cm³/mol. The van der Waals surface area contributed by atoms with E-state index in [9.17, 15) is 9.59 Å². The number of hydrogen-bond donors (Lipinski definition) is 1. The van der Waals surface area contributed by atoms with Crippen molar-refractivity contribution in [3.8, 4) is 0 Å². The second-order valence-electron chi connectivity index (χ2n) is 4.24. The fourth-order valence-electron chi connectivity index (χ4n) is 1.70. The summed E-state index contributed by atoms with van der Waals surface area (Å²) in [6.45, 7) is 4.47. The van der Waals surface area contributed by atoms with Crippen LogP contribution in [0.5, 0.6) is 0 Å². The molecule has 86 valence electrons. The normalized spacial score (nSPS) is 18.0. The molecule has 1 amide bonds. The van der Waals surface area contributed by atoms with Crippen LogP contribution in [0.3, 0.4) is 0 Å². The fourth-order valence-corrected chi connectivity index (χ4v) is 1.70. The summed E-state index contributed by atoms with van der Waals surface area (Å²) in [7, 11) is 0. The van der Waals surface area contributed by atoms with Crippen molar-refractivity contribution in [2.24, 2.45) is 11.8 Å². The molecule has 4 heteroatoms. The van der Waals surface area contributed by atoms with Crippen LogP contribution < -0.4 is 0 Å². The zero-order valence-corrected chi connectivity index (χ0v) is 9.40. The number of rotatable bonds is 5. The molecule has 0 aromatic rings. The lowest BCUT2D eigenvalue weighted by Gasteiger charge is -2.31. The van der Waals surface area contributed by atoms with Gasteiger partial charge in [0.1, 0.15) is 0 Å². The van der Waals surface area contributed by atoms with Gasteiger partial charge in [0.25, 0.3) is 0 Å². The van der Waals surface area contributed by atoms with E-state index in [0.29, 0.717) is 13.1 Å². The van der Waals surface area contributed by atoms with Crippen molar-refractivity contribution in [3.63, 3.8) is 0 Å². The van der Waals surface area contributed by atoms with Gasteiger partial charge in [-0.3, -0.25) is 9.59 Å². The molecule has 1 fully saturated rings. The lowest BCUT2D eigenvalue weighted by molar-refractivity contribution is -0.144. The number of carbonyl (C=O) groups is 2. The van der Waals surface area contributed by atoms with E-state index in [0.717, 1.165) is 19.3 Å². The van der Waals surface area contributed by atoms with E-state index in [4.69, 9.17) is 5.11 Å². The van der Waals surface area contributed by atoms with Gasteiger partial charge in [0.2, 0.25) is 5.91 Å². The molecule has 0 saturated heterocycles. The summed E-state index contributed by atoms with van der Waals surface area (Å²) in [5.74, 6) is -1.02. The van der Waals surface area contributed by atoms with Crippen molar-refractivity contribution >= 4 is 11.9 Å². The van der Waals surface area contributed by atoms with E-state index in [1.165, 1.54) is 0 Å². The zero-order valence-electron chi connectivity index (χ0n) is 9.40. The van der Waals surface area contributed by atoms with Gasteiger partial charge < -0.3 is 10.0 Å². The minimum absolute atomic E-state index is 0.136. The number of carboxylic acids is 1. The lowest BCUT2D eigenvalue weighted by atomic mass is 9.84. The first-order chi connectivity index (χ1) is 7.06. The molecule has 0 aliphatic heterocycles. The van der Waals surface area contributed by atoms with Crippen molar-refractivity contribution in [3.05, 3.63) is 0 Å². The Morgan fingerprint density at radius 1 is 1.47 bits per heavy atom. The van der Waals surface area contributed by atoms with Crippen LogP contribution in [-0.4, -0.2) is 35.0 Å². The van der Waals surface area contributed by atoms with Gasteiger partial charge in [0.15, 0.2) is 0 Å². The van der Waals surface area contributed by atoms with Crippen LogP contribution in [0, 0.1) is 11.8 Å². The molecule has 1 unspecified atom stereocenters. The predicted octanol–water partition coefficient (Wildman–Crippen LogP) is 1.36. The van der Waals surface area contributed by atoms with Crippen molar-refractivity contribution in [2.45, 2.75) is 33.1 Å². The Labute approximate surface area is 90.3 Å². The molecule has 1 saturated carbocycles. The average Bonchev–Trinajstić information content (AvgIpc) is 2.10. The van der Waals surface area contributed by atoms with Crippen LogP contribution in [0.25, 0.3) is 0 Å². The molecule has 0 spiro atoms. The van der Waals surface area contributed by atoms with Crippen LogP contribution in [-0.2, 0) is 9.59 Å². The third-order valence-electron chi connectivity index (χ3n) is 3.06. The highest BCUT2D eigenvalue weighted by Crippen LogP contribution is 2.28. The SMILES string of the molecule is CCN(CC(C)C(=O)O)C(=O)C1CCC1. The monoisotopic (exact) mass is 213 g/mol. The van der Waals surface area contributed by atoms with Crippen LogP contribution in [0.4, 0.5) is 0 Å². The van der Waals surface area contributed by atoms with Gasteiger partial charge in [0, 0.05) is 19.0 Å². The highest BCUT2D eigenvalue weighted by atomic mass is 16.4. The Morgan fingerprint density at radius 3 is 2.40 bits per heavy atom. The summed E-state index contributed by atoms with van der Waals surface area (Å²) in [4.78, 5) is 24.2. The van der Waals surface area contributed by atoms with Gasteiger partial charge in [-0.1, -0.05) is 13.3 Å². The summed E-state index contributed by atoms with van der Waals surface area (Å²) in [6, 6.07) is 0. The highest BCUT2D eigenvalue weighted by Gasteiger charge is 2.30. The van der Waals surface area contributed by atoms with E-state index in [1.54, 1.807) is 11.8 Å². The fraction of sp³-hybridized carbons (Fsp3) is 0.818. The molecule has 1 atom stereocenters. The summed E-state index contributed by atoms with van der Waals surface area (Å²) in [5, 5.41) is 8.78. The molecular weight excluding hydrogens is 194 g/mol. The number of amides is 1. The Morgan fingerprint density at radius 2 is 2.07 bits per heavy atom. The first kappa shape index (κ1) is 12.0. The Bertz CT molecular complexity index is 248. The minimum atomic E-state index is -0.838. The molecule has 0 radical (unpaired) electrons. The van der Waals surface area contributed by atoms with E-state index < -0.39 is 11.9 Å². The number of nitrogens with zero attached hydrogens (tertiary/aromatic N) is 1. The average molecular weight is 213 g/mol. The number of carboxylic acid groups (broad SMARTS) is 1. The van der Waals surface area contributed by atoms with Crippen molar-refractivity contribution < 1.29 is 14.7 Å². The molecule has 0 heterocycles. The Balaban J connectivity index is 2.47. The van der Waals surface area contributed by atoms with E-state index in [2.05, 4.69) is 0 Å². The molecule has 1 aliphatic rings.